The minimum absolute atomic E-state index is 0.100. The third-order valence-corrected chi connectivity index (χ3v) is 12.5. The van der Waals surface area contributed by atoms with E-state index in [-0.39, 0.29) is 13.1 Å². The zero-order valence-electron chi connectivity index (χ0n) is 12.0. The fourth-order valence-corrected chi connectivity index (χ4v) is 8.08. The van der Waals surface area contributed by atoms with E-state index >= 15 is 0 Å². The second kappa shape index (κ2) is 8.04. The molecule has 146 valence electrons. The summed E-state index contributed by atoms with van der Waals surface area (Å²) in [4.78, 5) is 73.4. The zero-order valence-corrected chi connectivity index (χ0v) is 15.6. The number of hydrogen-bond acceptors (Lipinski definition) is 6. The van der Waals surface area contributed by atoms with Gasteiger partial charge in [-0.2, -0.15) is 0 Å². The van der Waals surface area contributed by atoms with E-state index in [2.05, 4.69) is 5.32 Å². The first-order valence-corrected chi connectivity index (χ1v) is 12.6. The Morgan fingerprint density at radius 1 is 0.833 bits per heavy atom. The molecule has 0 saturated carbocycles. The van der Waals surface area contributed by atoms with Crippen LogP contribution in [0.4, 0.5) is 0 Å². The van der Waals surface area contributed by atoms with Crippen LogP contribution < -0.4 is 11.1 Å². The summed E-state index contributed by atoms with van der Waals surface area (Å²) in [5, 5.41) is 2.19. The fourth-order valence-electron chi connectivity index (χ4n) is 1.92. The Morgan fingerprint density at radius 2 is 1.21 bits per heavy atom. The lowest BCUT2D eigenvalue weighted by Gasteiger charge is -2.35. The zero-order chi connectivity index (χ0) is 19.6. The molecule has 0 fully saturated rings. The molecule has 0 saturated heterocycles. The Bertz CT molecular complexity index is 558. The summed E-state index contributed by atoms with van der Waals surface area (Å²) < 4.78 is 41.7. The summed E-state index contributed by atoms with van der Waals surface area (Å²) in [5.41, 5.74) is 5.12. The predicted octanol–water partition coefficient (Wildman–Crippen LogP) is -1.99. The molecule has 0 bridgehead atoms. The average Bonchev–Trinajstić information content (AvgIpc) is 2.26. The maximum atomic E-state index is 11.5. The molecule has 0 aliphatic carbocycles. The minimum atomic E-state index is -6.12. The van der Waals surface area contributed by atoms with Gasteiger partial charge < -0.3 is 50.2 Å². The van der Waals surface area contributed by atoms with Gasteiger partial charge in [0.25, 0.3) is 4.64 Å². The van der Waals surface area contributed by atoms with Gasteiger partial charge in [0.2, 0.25) is 0 Å². The van der Waals surface area contributed by atoms with E-state index in [4.69, 9.17) is 15.5 Å². The van der Waals surface area contributed by atoms with Crippen LogP contribution in [0.2, 0.25) is 0 Å². The molecule has 0 aromatic heterocycles. The smallest absolute Gasteiger partial charge is 0.329 e. The summed E-state index contributed by atoms with van der Waals surface area (Å²) in [6.07, 6.45) is -2.61. The molecule has 0 aliphatic rings. The van der Waals surface area contributed by atoms with Crippen molar-refractivity contribution >= 4 is 30.4 Å². The van der Waals surface area contributed by atoms with Crippen molar-refractivity contribution in [1.29, 1.82) is 0 Å². The minimum Gasteiger partial charge on any atom is -0.329 e. The maximum Gasteiger partial charge on any atom is 0.356 e. The second-order valence-electron chi connectivity index (χ2n) is 4.79. The van der Waals surface area contributed by atoms with Gasteiger partial charge in [0.15, 0.2) is 0 Å². The lowest BCUT2D eigenvalue weighted by molar-refractivity contribution is 0.287. The monoisotopic (exact) mass is 436 g/mol. The van der Waals surface area contributed by atoms with E-state index in [9.17, 15) is 47.6 Å². The largest absolute Gasteiger partial charge is 0.356 e. The molecular weight excluding hydrogens is 416 g/mol. The van der Waals surface area contributed by atoms with Gasteiger partial charge in [0, 0.05) is 13.1 Å². The van der Waals surface area contributed by atoms with Gasteiger partial charge in [-0.3, -0.25) is 18.3 Å². The summed E-state index contributed by atoms with van der Waals surface area (Å²) >= 11 is 0. The Balaban J connectivity index is 5.99. The first kappa shape index (κ1) is 24.5. The molecular formula is C6H20N2O12P4. The molecule has 0 aliphatic heterocycles. The second-order valence-corrected chi connectivity index (χ2v) is 13.2. The van der Waals surface area contributed by atoms with Crippen LogP contribution in [0.15, 0.2) is 0 Å². The topological polar surface area (TPSA) is 268 Å². The van der Waals surface area contributed by atoms with E-state index in [0.29, 0.717) is 0 Å². The summed E-state index contributed by atoms with van der Waals surface area (Å²) in [6, 6.07) is 0. The van der Waals surface area contributed by atoms with E-state index in [1.165, 1.54) is 0 Å². The molecule has 24 heavy (non-hydrogen) atoms. The van der Waals surface area contributed by atoms with E-state index in [1.54, 1.807) is 0 Å². The summed E-state index contributed by atoms with van der Waals surface area (Å²) in [7, 11) is -23.3. The van der Waals surface area contributed by atoms with Crippen LogP contribution in [-0.2, 0) is 18.3 Å². The third kappa shape index (κ3) is 5.51. The number of rotatable bonds is 10. The highest BCUT2D eigenvalue weighted by molar-refractivity contribution is 7.88. The summed E-state index contributed by atoms with van der Waals surface area (Å²) in [5.74, 6) is -1.87. The molecule has 0 amide bonds. The number of nitrogens with two attached hydrogens (primary N) is 1. The molecule has 0 spiro atoms. The molecule has 0 aromatic rings. The predicted molar refractivity (Wildman–Crippen MR) is 81.0 cm³/mol. The van der Waals surface area contributed by atoms with Gasteiger partial charge in [-0.25, -0.2) is 0 Å². The SMILES string of the molecule is NCCNC(CCC(P(=O)(O)O)(P(=O)(O)O)P(=O)(O)O)P(=O)(O)O. The Labute approximate surface area is 136 Å². The molecule has 0 rings (SSSR count). The van der Waals surface area contributed by atoms with Crippen LogP contribution in [0.3, 0.4) is 0 Å². The Morgan fingerprint density at radius 3 is 1.46 bits per heavy atom. The van der Waals surface area contributed by atoms with Gasteiger partial charge in [-0.15, -0.1) is 0 Å². The number of hydrogen-bond donors (Lipinski definition) is 10. The molecule has 1 atom stereocenters. The first-order valence-electron chi connectivity index (χ1n) is 6.07. The van der Waals surface area contributed by atoms with Crippen molar-refractivity contribution < 1.29 is 57.4 Å². The van der Waals surface area contributed by atoms with Crippen LogP contribution in [0.1, 0.15) is 12.8 Å². The Hall–Kier alpha value is 0.520. The molecule has 11 N–H and O–H groups in total. The van der Waals surface area contributed by atoms with Gasteiger partial charge in [0.05, 0.1) is 0 Å². The van der Waals surface area contributed by atoms with Crippen molar-refractivity contribution in [2.75, 3.05) is 13.1 Å². The van der Waals surface area contributed by atoms with Crippen molar-refractivity contribution in [3.05, 3.63) is 0 Å². The van der Waals surface area contributed by atoms with Gasteiger partial charge >= 0.3 is 30.4 Å². The van der Waals surface area contributed by atoms with Gasteiger partial charge in [0.1, 0.15) is 5.78 Å². The van der Waals surface area contributed by atoms with Crippen molar-refractivity contribution in [3.8, 4) is 0 Å². The molecule has 1 unspecified atom stereocenters. The molecule has 18 heteroatoms. The van der Waals surface area contributed by atoms with Crippen LogP contribution in [0.5, 0.6) is 0 Å². The molecule has 0 heterocycles. The highest BCUT2D eigenvalue weighted by atomic mass is 31.3. The maximum absolute atomic E-state index is 11.5. The fraction of sp³-hybridized carbons (Fsp3) is 1.00. The highest BCUT2D eigenvalue weighted by Gasteiger charge is 2.71. The van der Waals surface area contributed by atoms with Crippen LogP contribution in [0, 0.1) is 0 Å². The van der Waals surface area contributed by atoms with Crippen molar-refractivity contribution in [2.45, 2.75) is 23.3 Å². The van der Waals surface area contributed by atoms with Crippen molar-refractivity contribution in [1.82, 2.24) is 5.32 Å². The van der Waals surface area contributed by atoms with Crippen molar-refractivity contribution in [2.24, 2.45) is 5.73 Å². The summed E-state index contributed by atoms with van der Waals surface area (Å²) in [6.45, 7) is -0.276. The molecule has 0 aromatic carbocycles. The quantitative estimate of drug-likeness (QED) is 0.166. The van der Waals surface area contributed by atoms with Crippen LogP contribution in [0.25, 0.3) is 0 Å². The van der Waals surface area contributed by atoms with E-state index < -0.39 is 53.6 Å². The first-order chi connectivity index (χ1) is 10.4. The average molecular weight is 436 g/mol. The molecule has 14 nitrogen and oxygen atoms in total. The highest BCUT2D eigenvalue weighted by Crippen LogP contribution is 2.84. The van der Waals surface area contributed by atoms with E-state index in [0.717, 1.165) is 0 Å². The third-order valence-electron chi connectivity index (χ3n) is 3.08. The Kier molecular flexibility index (Phi) is 8.21. The number of nitrogens with one attached hydrogen (secondary N) is 1. The molecule has 0 radical (unpaired) electrons. The lowest BCUT2D eigenvalue weighted by Crippen LogP contribution is -2.36. The van der Waals surface area contributed by atoms with Crippen LogP contribution in [-0.4, -0.2) is 62.7 Å². The van der Waals surface area contributed by atoms with Crippen LogP contribution >= 0.6 is 30.4 Å². The van der Waals surface area contributed by atoms with E-state index in [1.807, 2.05) is 0 Å². The van der Waals surface area contributed by atoms with Crippen molar-refractivity contribution in [3.63, 3.8) is 0 Å². The normalized spacial score (nSPS) is 16.2. The van der Waals surface area contributed by atoms with Gasteiger partial charge in [-0.05, 0) is 12.8 Å². The standard InChI is InChI=1S/C6H20N2O12P4/c7-3-4-8-5(21(9,10)11)1-2-6(22(12,13)14,23(15,16)17)24(18,19)20/h5,8H,1-4,7H2,(H2,9,10,11)(H2,12,13,14)(H2,15,16,17)(H2,18,19,20). The van der Waals surface area contributed by atoms with Gasteiger partial charge in [-0.1, -0.05) is 0 Å². The lowest BCUT2D eigenvalue weighted by atomic mass is 10.3.